The number of benzene rings is 1. The van der Waals surface area contributed by atoms with Crippen molar-refractivity contribution in [3.05, 3.63) is 46.3 Å². The Labute approximate surface area is 163 Å². The molecule has 0 aliphatic heterocycles. The Morgan fingerprint density at radius 1 is 1.29 bits per heavy atom. The normalized spacial score (nSPS) is 18.0. The lowest BCUT2D eigenvalue weighted by Gasteiger charge is -2.20. The summed E-state index contributed by atoms with van der Waals surface area (Å²) in [6.45, 7) is 0. The average molecular weight is 624 g/mol. The highest BCUT2D eigenvalue weighted by Gasteiger charge is 2.18. The quantitative estimate of drug-likeness (QED) is 0.487. The van der Waals surface area contributed by atoms with Crippen molar-refractivity contribution in [2.45, 2.75) is 18.9 Å². The van der Waals surface area contributed by atoms with Gasteiger partial charge in [0.25, 0.3) is 0 Å². The van der Waals surface area contributed by atoms with Crippen LogP contribution in [0.25, 0.3) is 0 Å². The second-order valence-electron chi connectivity index (χ2n) is 4.46. The molecule has 0 saturated carbocycles. The van der Waals surface area contributed by atoms with E-state index in [1.165, 1.54) is 0 Å². The van der Waals surface area contributed by atoms with Gasteiger partial charge in [0.1, 0.15) is 17.6 Å². The Morgan fingerprint density at radius 2 is 1.90 bits per heavy atom. The van der Waals surface area contributed by atoms with Gasteiger partial charge in [-0.05, 0) is 97.6 Å². The standard InChI is InChI=1S/C14H11I3O4/c15-9-6-8(1-2-12(9)18)21-14-10(16)3-7(4-11(14)17)5-13(19)20/h2-4,6,8,18H,1,5H2,(H,19,20). The third kappa shape index (κ3) is 4.71. The first-order valence-corrected chi connectivity index (χ1v) is 9.23. The number of aliphatic hydroxyl groups is 1. The minimum absolute atomic E-state index is 0.00409. The maximum absolute atomic E-state index is 10.8. The molecule has 112 valence electrons. The minimum atomic E-state index is -0.847. The number of ether oxygens (including phenoxy) is 1. The molecule has 0 radical (unpaired) electrons. The molecule has 1 aliphatic carbocycles. The van der Waals surface area contributed by atoms with E-state index in [1.54, 1.807) is 6.08 Å². The summed E-state index contributed by atoms with van der Waals surface area (Å²) in [7, 11) is 0. The number of aliphatic hydroxyl groups excluding tert-OH is 1. The van der Waals surface area contributed by atoms with Gasteiger partial charge in [-0.1, -0.05) is 0 Å². The smallest absolute Gasteiger partial charge is 0.307 e. The van der Waals surface area contributed by atoms with Crippen molar-refractivity contribution in [2.75, 3.05) is 0 Å². The van der Waals surface area contributed by atoms with Crippen molar-refractivity contribution < 1.29 is 19.7 Å². The predicted molar refractivity (Wildman–Crippen MR) is 105 cm³/mol. The van der Waals surface area contributed by atoms with Crippen LogP contribution in [0.1, 0.15) is 12.0 Å². The fourth-order valence-electron chi connectivity index (χ4n) is 1.88. The number of allylic oxidation sites excluding steroid dienone is 1. The number of hydrogen-bond donors (Lipinski definition) is 2. The number of carboxylic acid groups (broad SMARTS) is 1. The molecule has 1 aromatic carbocycles. The van der Waals surface area contributed by atoms with E-state index in [1.807, 2.05) is 18.2 Å². The molecule has 1 aromatic rings. The third-order valence-corrected chi connectivity index (χ3v) is 5.32. The molecule has 0 spiro atoms. The van der Waals surface area contributed by atoms with Gasteiger partial charge in [-0.25, -0.2) is 0 Å². The Bertz CT molecular complexity index is 614. The van der Waals surface area contributed by atoms with Gasteiger partial charge in [0, 0.05) is 6.42 Å². The van der Waals surface area contributed by atoms with Gasteiger partial charge in [0.15, 0.2) is 0 Å². The first-order chi connectivity index (χ1) is 9.86. The summed E-state index contributed by atoms with van der Waals surface area (Å²) >= 11 is 6.38. The van der Waals surface area contributed by atoms with Crippen molar-refractivity contribution in [2.24, 2.45) is 0 Å². The molecular formula is C14H11I3O4. The fourth-order valence-corrected chi connectivity index (χ4v) is 4.65. The van der Waals surface area contributed by atoms with Gasteiger partial charge >= 0.3 is 5.97 Å². The number of carbonyl (C=O) groups is 1. The largest absolute Gasteiger partial charge is 0.507 e. The van der Waals surface area contributed by atoms with Crippen LogP contribution in [0.3, 0.4) is 0 Å². The molecule has 0 aromatic heterocycles. The zero-order chi connectivity index (χ0) is 15.6. The molecule has 2 rings (SSSR count). The molecule has 0 amide bonds. The Hall–Kier alpha value is -0.0400. The van der Waals surface area contributed by atoms with Gasteiger partial charge in [-0.15, -0.1) is 0 Å². The molecule has 4 nitrogen and oxygen atoms in total. The molecule has 0 heterocycles. The molecule has 21 heavy (non-hydrogen) atoms. The maximum Gasteiger partial charge on any atom is 0.307 e. The molecule has 7 heteroatoms. The molecular weight excluding hydrogens is 613 g/mol. The van der Waals surface area contributed by atoms with Crippen molar-refractivity contribution in [3.8, 4) is 5.75 Å². The van der Waals surface area contributed by atoms with Crippen molar-refractivity contribution >= 4 is 73.7 Å². The van der Waals surface area contributed by atoms with E-state index in [2.05, 4.69) is 67.8 Å². The Kier molecular flexibility index (Phi) is 6.17. The second-order valence-corrected chi connectivity index (χ2v) is 7.94. The van der Waals surface area contributed by atoms with E-state index in [9.17, 15) is 9.90 Å². The maximum atomic E-state index is 10.8. The number of carboxylic acids is 1. The van der Waals surface area contributed by atoms with Crippen molar-refractivity contribution in [3.63, 3.8) is 0 Å². The summed E-state index contributed by atoms with van der Waals surface area (Å²) < 4.78 is 8.54. The average Bonchev–Trinajstić information content (AvgIpc) is 2.37. The molecule has 1 aliphatic rings. The van der Waals surface area contributed by atoms with E-state index in [-0.39, 0.29) is 18.3 Å². The molecule has 1 unspecified atom stereocenters. The summed E-state index contributed by atoms with van der Waals surface area (Å²) in [5.74, 6) is 0.197. The summed E-state index contributed by atoms with van der Waals surface area (Å²) in [5, 5.41) is 18.4. The summed E-state index contributed by atoms with van der Waals surface area (Å²) in [5.41, 5.74) is 0.759. The summed E-state index contributed by atoms with van der Waals surface area (Å²) in [6, 6.07) is 3.66. The first-order valence-electron chi connectivity index (χ1n) is 6.00. The molecule has 1 atom stereocenters. The zero-order valence-corrected chi connectivity index (χ0v) is 17.1. The highest BCUT2D eigenvalue weighted by atomic mass is 127. The van der Waals surface area contributed by atoms with Gasteiger partial charge in [0.05, 0.1) is 17.1 Å². The van der Waals surface area contributed by atoms with Crippen LogP contribution in [-0.4, -0.2) is 22.3 Å². The van der Waals surface area contributed by atoms with Crippen LogP contribution in [0.5, 0.6) is 5.75 Å². The van der Waals surface area contributed by atoms with E-state index in [0.717, 1.165) is 22.0 Å². The van der Waals surface area contributed by atoms with Crippen LogP contribution in [0.4, 0.5) is 0 Å². The number of hydrogen-bond acceptors (Lipinski definition) is 3. The van der Waals surface area contributed by atoms with E-state index in [4.69, 9.17) is 9.84 Å². The van der Waals surface area contributed by atoms with Crippen LogP contribution >= 0.6 is 67.8 Å². The van der Waals surface area contributed by atoms with Crippen LogP contribution in [-0.2, 0) is 11.2 Å². The zero-order valence-electron chi connectivity index (χ0n) is 10.6. The SMILES string of the molecule is O=C(O)Cc1cc(I)c(OC2C=C(I)C(O)=CC2)c(I)c1. The first kappa shape index (κ1) is 17.3. The van der Waals surface area contributed by atoms with E-state index >= 15 is 0 Å². The molecule has 0 bridgehead atoms. The number of aliphatic carboxylic acids is 1. The van der Waals surface area contributed by atoms with Crippen LogP contribution in [0.2, 0.25) is 0 Å². The van der Waals surface area contributed by atoms with Gasteiger partial charge in [0.2, 0.25) is 0 Å². The lowest BCUT2D eigenvalue weighted by atomic mass is 10.1. The van der Waals surface area contributed by atoms with Crippen LogP contribution in [0, 0.1) is 7.14 Å². The molecule has 2 N–H and O–H groups in total. The predicted octanol–water partition coefficient (Wildman–Crippen LogP) is 4.43. The fraction of sp³-hybridized carbons (Fsp3) is 0.214. The minimum Gasteiger partial charge on any atom is -0.507 e. The highest BCUT2D eigenvalue weighted by molar-refractivity contribution is 14.1. The van der Waals surface area contributed by atoms with Crippen molar-refractivity contribution in [1.29, 1.82) is 0 Å². The van der Waals surface area contributed by atoms with E-state index < -0.39 is 5.97 Å². The summed E-state index contributed by atoms with van der Waals surface area (Å²) in [4.78, 5) is 10.8. The topological polar surface area (TPSA) is 66.8 Å². The highest BCUT2D eigenvalue weighted by Crippen LogP contribution is 2.32. The van der Waals surface area contributed by atoms with Gasteiger partial charge in [-0.2, -0.15) is 0 Å². The van der Waals surface area contributed by atoms with E-state index in [0.29, 0.717) is 6.42 Å². The monoisotopic (exact) mass is 624 g/mol. The van der Waals surface area contributed by atoms with Gasteiger partial charge < -0.3 is 14.9 Å². The summed E-state index contributed by atoms with van der Waals surface area (Å²) in [6.07, 6.45) is 4.11. The van der Waals surface area contributed by atoms with Crippen molar-refractivity contribution in [1.82, 2.24) is 0 Å². The number of rotatable bonds is 4. The third-order valence-electron chi connectivity index (χ3n) is 2.80. The molecule has 0 saturated heterocycles. The number of halogens is 3. The lowest BCUT2D eigenvalue weighted by Crippen LogP contribution is -2.17. The molecule has 0 fully saturated rings. The Morgan fingerprint density at radius 3 is 2.43 bits per heavy atom. The van der Waals surface area contributed by atoms with Gasteiger partial charge in [-0.3, -0.25) is 4.79 Å². The Balaban J connectivity index is 2.20. The van der Waals surface area contributed by atoms with Crippen LogP contribution < -0.4 is 4.74 Å². The lowest BCUT2D eigenvalue weighted by molar-refractivity contribution is -0.136. The van der Waals surface area contributed by atoms with Crippen LogP contribution in [0.15, 0.2) is 33.6 Å². The second kappa shape index (κ2) is 7.49.